The first-order valence-corrected chi connectivity index (χ1v) is 18.3. The summed E-state index contributed by atoms with van der Waals surface area (Å²) in [5.74, 6) is 0.895. The number of hydrogen-bond donors (Lipinski definition) is 0. The van der Waals surface area contributed by atoms with E-state index in [1.165, 1.54) is 12.1 Å². The third-order valence-corrected chi connectivity index (χ3v) is 10.4. The van der Waals surface area contributed by atoms with Crippen LogP contribution in [0.4, 0.5) is 0 Å². The SMILES string of the molecule is [2H]c1cc2c(cc1-c1nc(-c3ccccc3)nc(-c3cccc4oc5cc(-c6ccccc6)ccc5c34)n1)oc1c([2H])c([2H])cc(-n3c4ccc([2H])c([2H])c4c4c([2H])c([2H])c([2H])c([2H])c43)c12. The minimum absolute atomic E-state index is 0.00522. The van der Waals surface area contributed by atoms with Crippen LogP contribution < -0.4 is 0 Å². The summed E-state index contributed by atoms with van der Waals surface area (Å²) in [7, 11) is 0. The van der Waals surface area contributed by atoms with E-state index in [9.17, 15) is 1.37 Å². The summed E-state index contributed by atoms with van der Waals surface area (Å²) in [5, 5.41) is 2.60. The summed E-state index contributed by atoms with van der Waals surface area (Å²) in [6.45, 7) is 0. The summed E-state index contributed by atoms with van der Waals surface area (Å²) in [5.41, 5.74) is 5.97. The van der Waals surface area contributed by atoms with Gasteiger partial charge in [-0.1, -0.05) is 127 Å². The van der Waals surface area contributed by atoms with E-state index in [1.54, 1.807) is 22.8 Å². The Labute approximate surface area is 338 Å². The molecule has 0 radical (unpaired) electrons. The zero-order chi connectivity index (χ0) is 45.3. The molecule has 4 aromatic heterocycles. The summed E-state index contributed by atoms with van der Waals surface area (Å²) < 4.78 is 94.2. The molecule has 0 aliphatic rings. The van der Waals surface area contributed by atoms with E-state index in [1.807, 2.05) is 78.9 Å². The van der Waals surface area contributed by atoms with Crippen LogP contribution in [0.15, 0.2) is 191 Å². The van der Waals surface area contributed by atoms with E-state index < -0.39 is 12.1 Å². The Morgan fingerprint density at radius 3 is 1.96 bits per heavy atom. The number of fused-ring (bicyclic) bond motifs is 9. The van der Waals surface area contributed by atoms with Gasteiger partial charge >= 0.3 is 0 Å². The largest absolute Gasteiger partial charge is 0.456 e. The Kier molecular flexibility index (Phi) is 5.17. The molecule has 0 amide bonds. The molecule has 0 aliphatic heterocycles. The topological polar surface area (TPSA) is 69.9 Å². The van der Waals surface area contributed by atoms with Crippen molar-refractivity contribution in [3.63, 3.8) is 0 Å². The van der Waals surface area contributed by atoms with Crippen LogP contribution >= 0.6 is 0 Å². The van der Waals surface area contributed by atoms with Gasteiger partial charge in [0.05, 0.1) is 34.4 Å². The lowest BCUT2D eigenvalue weighted by atomic mass is 10.0. The molecule has 57 heavy (non-hydrogen) atoms. The van der Waals surface area contributed by atoms with Gasteiger partial charge in [0.25, 0.3) is 0 Å². The number of para-hydroxylation sites is 2. The monoisotopic (exact) mass is 739 g/mol. The number of aromatic nitrogens is 4. The van der Waals surface area contributed by atoms with Crippen LogP contribution in [-0.4, -0.2) is 19.5 Å². The second-order valence-corrected chi connectivity index (χ2v) is 13.7. The summed E-state index contributed by atoms with van der Waals surface area (Å²) >= 11 is 0. The fourth-order valence-corrected chi connectivity index (χ4v) is 7.86. The van der Waals surface area contributed by atoms with Gasteiger partial charge in [0.2, 0.25) is 0 Å². The van der Waals surface area contributed by atoms with E-state index >= 15 is 0 Å². The maximum atomic E-state index is 9.54. The van der Waals surface area contributed by atoms with Crippen LogP contribution in [0.3, 0.4) is 0 Å². The smallest absolute Gasteiger partial charge is 0.164 e. The van der Waals surface area contributed by atoms with Crippen LogP contribution in [0.1, 0.15) is 12.3 Å². The standard InChI is InChI=1S/C51H30N4O2/c1-3-13-31(14-4-1)33-25-27-37-45(29-33)56-43-23-11-19-39(47(37)43)51-53-49(32-15-5-2-6-16-32)52-50(54-51)34-26-28-38-46(30-34)57-44-24-12-22-42(48(38)44)55-40-20-9-7-17-35(40)36-18-8-10-21-41(36)55/h1-30H/i7D,8D,9D,12D,17D,18D,20D,24D,26D. The molecule has 0 bridgehead atoms. The first-order chi connectivity index (χ1) is 32.0. The third-order valence-electron chi connectivity index (χ3n) is 10.4. The predicted molar refractivity (Wildman–Crippen MR) is 230 cm³/mol. The van der Waals surface area contributed by atoms with Gasteiger partial charge in [-0.3, -0.25) is 0 Å². The van der Waals surface area contributed by atoms with Crippen molar-refractivity contribution in [3.05, 3.63) is 182 Å². The van der Waals surface area contributed by atoms with Crippen molar-refractivity contribution in [1.82, 2.24) is 19.5 Å². The van der Waals surface area contributed by atoms with Crippen LogP contribution in [0.2, 0.25) is 0 Å². The van der Waals surface area contributed by atoms with Crippen LogP contribution in [0.25, 0.3) is 117 Å². The minimum atomic E-state index is -0.496. The van der Waals surface area contributed by atoms with E-state index in [2.05, 4.69) is 18.2 Å². The molecule has 0 unspecified atom stereocenters. The predicted octanol–water partition coefficient (Wildman–Crippen LogP) is 13.4. The van der Waals surface area contributed by atoms with Crippen LogP contribution in [0.5, 0.6) is 0 Å². The lowest BCUT2D eigenvalue weighted by Crippen LogP contribution is -2.00. The molecular weight excluding hydrogens is 701 g/mol. The lowest BCUT2D eigenvalue weighted by Gasteiger charge is -2.10. The summed E-state index contributed by atoms with van der Waals surface area (Å²) in [6.07, 6.45) is 0. The van der Waals surface area contributed by atoms with E-state index in [4.69, 9.17) is 34.8 Å². The molecule has 0 saturated carbocycles. The normalized spacial score (nSPS) is 14.1. The molecule has 4 heterocycles. The molecule has 0 fully saturated rings. The Hall–Kier alpha value is -7.83. The quantitative estimate of drug-likeness (QED) is 0.176. The van der Waals surface area contributed by atoms with E-state index in [0.29, 0.717) is 50.2 Å². The molecule has 0 aliphatic carbocycles. The van der Waals surface area contributed by atoms with Gasteiger partial charge in [-0.15, -0.1) is 0 Å². The number of hydrogen-bond acceptors (Lipinski definition) is 5. The maximum absolute atomic E-state index is 9.54. The summed E-state index contributed by atoms with van der Waals surface area (Å²) in [6, 6.07) is 36.4. The van der Waals surface area contributed by atoms with Crippen molar-refractivity contribution >= 4 is 65.7 Å². The highest BCUT2D eigenvalue weighted by atomic mass is 16.3. The van der Waals surface area contributed by atoms with E-state index in [0.717, 1.165) is 27.5 Å². The maximum Gasteiger partial charge on any atom is 0.164 e. The Balaban J connectivity index is 1.09. The molecule has 0 spiro atoms. The molecule has 0 saturated heterocycles. The Morgan fingerprint density at radius 2 is 1.11 bits per heavy atom. The highest BCUT2D eigenvalue weighted by Gasteiger charge is 2.21. The second-order valence-electron chi connectivity index (χ2n) is 13.7. The molecule has 6 nitrogen and oxygen atoms in total. The number of rotatable bonds is 5. The molecule has 12 aromatic rings. The highest BCUT2D eigenvalue weighted by Crippen LogP contribution is 2.41. The van der Waals surface area contributed by atoms with Gasteiger partial charge in [0.15, 0.2) is 17.5 Å². The van der Waals surface area contributed by atoms with Crippen molar-refractivity contribution in [2.45, 2.75) is 0 Å². The number of furan rings is 2. The number of nitrogens with zero attached hydrogens (tertiary/aromatic N) is 4. The highest BCUT2D eigenvalue weighted by molar-refractivity contribution is 6.15. The minimum Gasteiger partial charge on any atom is -0.456 e. The van der Waals surface area contributed by atoms with Gasteiger partial charge < -0.3 is 13.4 Å². The zero-order valence-corrected chi connectivity index (χ0v) is 29.7. The van der Waals surface area contributed by atoms with Crippen molar-refractivity contribution in [3.8, 4) is 51.0 Å². The average Bonchev–Trinajstić information content (AvgIpc) is 4.02. The zero-order valence-electron chi connectivity index (χ0n) is 38.7. The number of benzene rings is 8. The van der Waals surface area contributed by atoms with Crippen molar-refractivity contribution in [1.29, 1.82) is 0 Å². The van der Waals surface area contributed by atoms with Gasteiger partial charge in [0.1, 0.15) is 22.3 Å². The molecule has 12 rings (SSSR count). The average molecular weight is 740 g/mol. The van der Waals surface area contributed by atoms with Crippen molar-refractivity contribution in [2.75, 3.05) is 0 Å². The molecule has 8 aromatic carbocycles. The Bertz CT molecular complexity index is 4060. The Morgan fingerprint density at radius 1 is 0.404 bits per heavy atom. The summed E-state index contributed by atoms with van der Waals surface area (Å²) in [4.78, 5) is 14.9. The van der Waals surface area contributed by atoms with Gasteiger partial charge in [-0.25, -0.2) is 15.0 Å². The van der Waals surface area contributed by atoms with Gasteiger partial charge in [-0.05, 0) is 65.7 Å². The van der Waals surface area contributed by atoms with E-state index in [-0.39, 0.29) is 81.3 Å². The fourth-order valence-electron chi connectivity index (χ4n) is 7.86. The van der Waals surface area contributed by atoms with Crippen molar-refractivity contribution < 1.29 is 21.2 Å². The fraction of sp³-hybridized carbons (Fsp3) is 0. The van der Waals surface area contributed by atoms with Crippen molar-refractivity contribution in [2.24, 2.45) is 0 Å². The second kappa shape index (κ2) is 12.3. The first kappa shape index (κ1) is 23.8. The molecule has 266 valence electrons. The molecule has 0 N–H and O–H groups in total. The van der Waals surface area contributed by atoms with Gasteiger partial charge in [0, 0.05) is 43.6 Å². The first-order valence-electron chi connectivity index (χ1n) is 22.8. The molecule has 0 atom stereocenters. The lowest BCUT2D eigenvalue weighted by molar-refractivity contribution is 0.668. The van der Waals surface area contributed by atoms with Crippen LogP contribution in [-0.2, 0) is 0 Å². The third kappa shape index (κ3) is 4.94. The molecular formula is C51H30N4O2. The van der Waals surface area contributed by atoms with Crippen LogP contribution in [0, 0.1) is 0 Å². The van der Waals surface area contributed by atoms with Gasteiger partial charge in [-0.2, -0.15) is 0 Å². The molecule has 6 heteroatoms.